The summed E-state index contributed by atoms with van der Waals surface area (Å²) < 4.78 is 0. The van der Waals surface area contributed by atoms with Crippen LogP contribution in [0.3, 0.4) is 0 Å². The molecule has 1 atom stereocenters. The Morgan fingerprint density at radius 1 is 0.833 bits per heavy atom. The van der Waals surface area contributed by atoms with Crippen LogP contribution in [-0.4, -0.2) is 18.0 Å². The number of nitrogens with one attached hydrogen (secondary N) is 3. The zero-order chi connectivity index (χ0) is 20.9. The summed E-state index contributed by atoms with van der Waals surface area (Å²) in [7, 11) is 0. The second-order valence-electron chi connectivity index (χ2n) is 7.68. The number of amides is 3. The molecule has 1 unspecified atom stereocenters. The molecule has 152 valence electrons. The second kappa shape index (κ2) is 8.82. The van der Waals surface area contributed by atoms with Crippen LogP contribution < -0.4 is 16.0 Å². The molecule has 4 rings (SSSR count). The lowest BCUT2D eigenvalue weighted by atomic mass is 9.97. The molecule has 0 radical (unpaired) electrons. The molecule has 0 aromatic heterocycles. The largest absolute Gasteiger partial charge is 0.341 e. The van der Waals surface area contributed by atoms with Crippen LogP contribution in [0.2, 0.25) is 0 Å². The van der Waals surface area contributed by atoms with E-state index in [2.05, 4.69) is 16.0 Å². The SMILES string of the molecule is Cc1ccc(C(NC(=O)c2ccc(NC(=O)NC3CC3)cc2)c2ccccc2)cc1. The minimum Gasteiger partial charge on any atom is -0.341 e. The Morgan fingerprint density at radius 3 is 2.10 bits per heavy atom. The molecule has 1 fully saturated rings. The summed E-state index contributed by atoms with van der Waals surface area (Å²) in [5.41, 5.74) is 4.41. The Balaban J connectivity index is 1.48. The van der Waals surface area contributed by atoms with E-state index in [1.54, 1.807) is 24.3 Å². The van der Waals surface area contributed by atoms with Crippen molar-refractivity contribution in [2.75, 3.05) is 5.32 Å². The molecule has 0 bridgehead atoms. The number of urea groups is 1. The minimum absolute atomic E-state index is 0.168. The van der Waals surface area contributed by atoms with E-state index < -0.39 is 0 Å². The fourth-order valence-electron chi connectivity index (χ4n) is 3.26. The van der Waals surface area contributed by atoms with Gasteiger partial charge >= 0.3 is 6.03 Å². The first kappa shape index (κ1) is 19.7. The average molecular weight is 399 g/mol. The number of carbonyl (C=O) groups is 2. The molecule has 1 aliphatic rings. The molecule has 3 N–H and O–H groups in total. The molecule has 3 aromatic rings. The number of benzene rings is 3. The Morgan fingerprint density at radius 2 is 1.47 bits per heavy atom. The van der Waals surface area contributed by atoms with Gasteiger partial charge in [-0.3, -0.25) is 4.79 Å². The fourth-order valence-corrected chi connectivity index (χ4v) is 3.26. The predicted molar refractivity (Wildman–Crippen MR) is 119 cm³/mol. The van der Waals surface area contributed by atoms with Crippen molar-refractivity contribution in [3.63, 3.8) is 0 Å². The molecule has 0 heterocycles. The molecule has 1 saturated carbocycles. The van der Waals surface area contributed by atoms with Crippen molar-refractivity contribution in [2.45, 2.75) is 31.8 Å². The van der Waals surface area contributed by atoms with Gasteiger partial charge in [0, 0.05) is 17.3 Å². The van der Waals surface area contributed by atoms with Crippen LogP contribution in [0.15, 0.2) is 78.9 Å². The van der Waals surface area contributed by atoms with E-state index in [4.69, 9.17) is 0 Å². The lowest BCUT2D eigenvalue weighted by Gasteiger charge is -2.20. The predicted octanol–water partition coefficient (Wildman–Crippen LogP) is 4.80. The normalized spacial score (nSPS) is 13.9. The third-order valence-electron chi connectivity index (χ3n) is 5.14. The third kappa shape index (κ3) is 5.06. The monoisotopic (exact) mass is 399 g/mol. The van der Waals surface area contributed by atoms with Gasteiger partial charge in [0.15, 0.2) is 0 Å². The van der Waals surface area contributed by atoms with E-state index >= 15 is 0 Å². The number of hydrogen-bond donors (Lipinski definition) is 3. The van der Waals surface area contributed by atoms with E-state index in [1.165, 1.54) is 5.56 Å². The number of hydrogen-bond acceptors (Lipinski definition) is 2. The molecule has 0 aliphatic heterocycles. The van der Waals surface area contributed by atoms with Crippen LogP contribution in [0.5, 0.6) is 0 Å². The Bertz CT molecular complexity index is 1010. The average Bonchev–Trinajstić information content (AvgIpc) is 3.57. The summed E-state index contributed by atoms with van der Waals surface area (Å²) in [5.74, 6) is -0.168. The smallest absolute Gasteiger partial charge is 0.319 e. The maximum atomic E-state index is 12.9. The maximum absolute atomic E-state index is 12.9. The van der Waals surface area contributed by atoms with Gasteiger partial charge in [-0.25, -0.2) is 4.79 Å². The fraction of sp³-hybridized carbons (Fsp3) is 0.200. The molecular formula is C25H25N3O2. The van der Waals surface area contributed by atoms with Crippen molar-refractivity contribution in [2.24, 2.45) is 0 Å². The molecule has 30 heavy (non-hydrogen) atoms. The minimum atomic E-state index is -0.249. The maximum Gasteiger partial charge on any atom is 0.319 e. The number of rotatable bonds is 6. The highest BCUT2D eigenvalue weighted by Crippen LogP contribution is 2.23. The lowest BCUT2D eigenvalue weighted by molar-refractivity contribution is 0.0943. The van der Waals surface area contributed by atoms with Gasteiger partial charge in [0.1, 0.15) is 0 Å². The topological polar surface area (TPSA) is 70.2 Å². The first-order valence-corrected chi connectivity index (χ1v) is 10.2. The van der Waals surface area contributed by atoms with Crippen LogP contribution in [0, 0.1) is 6.92 Å². The molecule has 0 spiro atoms. The van der Waals surface area contributed by atoms with Crippen LogP contribution in [0.1, 0.15) is 45.9 Å². The van der Waals surface area contributed by atoms with Gasteiger partial charge in [-0.1, -0.05) is 60.2 Å². The highest BCUT2D eigenvalue weighted by Gasteiger charge is 2.23. The van der Waals surface area contributed by atoms with Gasteiger partial charge in [0.25, 0.3) is 5.91 Å². The lowest BCUT2D eigenvalue weighted by Crippen LogP contribution is -2.30. The first-order chi connectivity index (χ1) is 14.6. The van der Waals surface area contributed by atoms with Crippen molar-refractivity contribution in [3.8, 4) is 0 Å². The number of aryl methyl sites for hydroxylation is 1. The van der Waals surface area contributed by atoms with Crippen molar-refractivity contribution in [3.05, 3.63) is 101 Å². The van der Waals surface area contributed by atoms with E-state index in [-0.39, 0.29) is 18.0 Å². The van der Waals surface area contributed by atoms with Crippen molar-refractivity contribution >= 4 is 17.6 Å². The number of anilines is 1. The van der Waals surface area contributed by atoms with Crippen LogP contribution in [0.4, 0.5) is 10.5 Å². The van der Waals surface area contributed by atoms with Gasteiger partial charge in [0.05, 0.1) is 6.04 Å². The summed E-state index contributed by atoms with van der Waals surface area (Å²) >= 11 is 0. The summed E-state index contributed by atoms with van der Waals surface area (Å²) in [4.78, 5) is 24.8. The van der Waals surface area contributed by atoms with E-state index in [1.807, 2.05) is 61.5 Å². The van der Waals surface area contributed by atoms with Gasteiger partial charge in [-0.2, -0.15) is 0 Å². The zero-order valence-corrected chi connectivity index (χ0v) is 16.9. The van der Waals surface area contributed by atoms with E-state index in [9.17, 15) is 9.59 Å². The highest BCUT2D eigenvalue weighted by atomic mass is 16.2. The Hall–Kier alpha value is -3.60. The quantitative estimate of drug-likeness (QED) is 0.557. The first-order valence-electron chi connectivity index (χ1n) is 10.2. The van der Waals surface area contributed by atoms with Gasteiger partial charge in [-0.05, 0) is 55.2 Å². The molecule has 0 saturated heterocycles. The zero-order valence-electron chi connectivity index (χ0n) is 16.9. The number of carbonyl (C=O) groups excluding carboxylic acids is 2. The summed E-state index contributed by atoms with van der Waals surface area (Å²) in [6.45, 7) is 2.04. The van der Waals surface area contributed by atoms with E-state index in [0.717, 1.165) is 24.0 Å². The highest BCUT2D eigenvalue weighted by molar-refractivity contribution is 5.96. The van der Waals surface area contributed by atoms with Gasteiger partial charge in [-0.15, -0.1) is 0 Å². The summed E-state index contributed by atoms with van der Waals surface area (Å²) in [6, 6.07) is 24.9. The molecule has 3 aromatic carbocycles. The van der Waals surface area contributed by atoms with Crippen LogP contribution in [-0.2, 0) is 0 Å². The van der Waals surface area contributed by atoms with Crippen LogP contribution in [0.25, 0.3) is 0 Å². The molecule has 5 heteroatoms. The van der Waals surface area contributed by atoms with E-state index in [0.29, 0.717) is 17.3 Å². The van der Waals surface area contributed by atoms with Gasteiger partial charge in [0.2, 0.25) is 0 Å². The van der Waals surface area contributed by atoms with Crippen molar-refractivity contribution in [1.82, 2.24) is 10.6 Å². The van der Waals surface area contributed by atoms with Gasteiger partial charge < -0.3 is 16.0 Å². The molecule has 3 amide bonds. The van der Waals surface area contributed by atoms with Crippen LogP contribution >= 0.6 is 0 Å². The summed E-state index contributed by atoms with van der Waals surface area (Å²) in [6.07, 6.45) is 2.08. The van der Waals surface area contributed by atoms with Crippen molar-refractivity contribution in [1.29, 1.82) is 0 Å². The molecular weight excluding hydrogens is 374 g/mol. The standard InChI is InChI=1S/C25H25N3O2/c1-17-7-9-19(10-8-17)23(18-5-3-2-4-6-18)28-24(29)20-11-13-21(14-12-20)26-25(30)27-22-15-16-22/h2-14,22-23H,15-16H2,1H3,(H,28,29)(H2,26,27,30). The third-order valence-corrected chi connectivity index (χ3v) is 5.14. The second-order valence-corrected chi connectivity index (χ2v) is 7.68. The molecule has 5 nitrogen and oxygen atoms in total. The Kier molecular flexibility index (Phi) is 5.80. The van der Waals surface area contributed by atoms with Crippen molar-refractivity contribution < 1.29 is 9.59 Å². The summed E-state index contributed by atoms with van der Waals surface area (Å²) in [5, 5.41) is 8.81. The molecule has 1 aliphatic carbocycles. The Labute approximate surface area is 176 Å².